The van der Waals surface area contributed by atoms with Crippen molar-refractivity contribution in [3.63, 3.8) is 0 Å². The Kier molecular flexibility index (Phi) is 9.26. The van der Waals surface area contributed by atoms with Crippen LogP contribution in [-0.4, -0.2) is 19.5 Å². The van der Waals surface area contributed by atoms with Crippen LogP contribution in [-0.2, 0) is 4.79 Å². The molecule has 0 saturated heterocycles. The monoisotopic (exact) mass is 298 g/mol. The van der Waals surface area contributed by atoms with Gasteiger partial charge in [0.05, 0.1) is 6.04 Å². The lowest BCUT2D eigenvalue weighted by atomic mass is 9.92. The molecule has 0 aliphatic rings. The number of hydrogen-bond acceptors (Lipinski definition) is 2. The minimum absolute atomic E-state index is 0. The summed E-state index contributed by atoms with van der Waals surface area (Å²) in [6.45, 7) is 7.26. The second-order valence-corrected chi connectivity index (χ2v) is 5.35. The van der Waals surface area contributed by atoms with E-state index in [1.165, 1.54) is 11.1 Å². The molecule has 2 N–H and O–H groups in total. The molecule has 3 nitrogen and oxygen atoms in total. The molecule has 1 unspecified atom stereocenters. The molecular formula is C16H27ClN2O. The van der Waals surface area contributed by atoms with Gasteiger partial charge in [-0.3, -0.25) is 4.79 Å². The number of rotatable bonds is 7. The Balaban J connectivity index is 0.00000361. The third-order valence-corrected chi connectivity index (χ3v) is 3.34. The van der Waals surface area contributed by atoms with Crippen molar-refractivity contribution in [3.05, 3.63) is 35.4 Å². The first kappa shape index (κ1) is 18.9. The van der Waals surface area contributed by atoms with Crippen molar-refractivity contribution in [2.24, 2.45) is 5.92 Å². The average molecular weight is 299 g/mol. The molecule has 0 aliphatic carbocycles. The van der Waals surface area contributed by atoms with Gasteiger partial charge in [0.1, 0.15) is 0 Å². The fourth-order valence-corrected chi connectivity index (χ4v) is 2.21. The molecular weight excluding hydrogens is 272 g/mol. The van der Waals surface area contributed by atoms with Crippen LogP contribution >= 0.6 is 12.4 Å². The van der Waals surface area contributed by atoms with Crippen LogP contribution in [0.5, 0.6) is 0 Å². The van der Waals surface area contributed by atoms with Gasteiger partial charge < -0.3 is 10.6 Å². The quantitative estimate of drug-likeness (QED) is 0.759. The average Bonchev–Trinajstić information content (AvgIpc) is 2.37. The van der Waals surface area contributed by atoms with Crippen molar-refractivity contribution >= 4 is 18.3 Å². The molecule has 1 amide bonds. The van der Waals surface area contributed by atoms with Gasteiger partial charge in [0.2, 0.25) is 5.91 Å². The summed E-state index contributed by atoms with van der Waals surface area (Å²) >= 11 is 0. The van der Waals surface area contributed by atoms with Gasteiger partial charge in [-0.25, -0.2) is 0 Å². The molecule has 0 aliphatic heterocycles. The molecule has 20 heavy (non-hydrogen) atoms. The molecule has 4 heteroatoms. The summed E-state index contributed by atoms with van der Waals surface area (Å²) in [6.07, 6.45) is 1.46. The van der Waals surface area contributed by atoms with E-state index in [-0.39, 0.29) is 24.4 Å². The molecule has 0 radical (unpaired) electrons. The lowest BCUT2D eigenvalue weighted by Gasteiger charge is -2.24. The van der Waals surface area contributed by atoms with Gasteiger partial charge in [-0.05, 0) is 44.0 Å². The minimum atomic E-state index is 0. The third-order valence-electron chi connectivity index (χ3n) is 3.34. The highest BCUT2D eigenvalue weighted by Gasteiger charge is 2.19. The van der Waals surface area contributed by atoms with Gasteiger partial charge in [-0.1, -0.05) is 38.1 Å². The summed E-state index contributed by atoms with van der Waals surface area (Å²) in [5, 5.41) is 6.23. The zero-order chi connectivity index (χ0) is 14.3. The number of nitrogens with one attached hydrogen (secondary N) is 2. The highest BCUT2D eigenvalue weighted by atomic mass is 35.5. The second-order valence-electron chi connectivity index (χ2n) is 5.35. The first-order valence-corrected chi connectivity index (χ1v) is 7.05. The molecule has 0 bridgehead atoms. The highest BCUT2D eigenvalue weighted by molar-refractivity contribution is 5.85. The van der Waals surface area contributed by atoms with Gasteiger partial charge >= 0.3 is 0 Å². The van der Waals surface area contributed by atoms with Crippen LogP contribution < -0.4 is 10.6 Å². The van der Waals surface area contributed by atoms with Crippen LogP contribution in [0.3, 0.4) is 0 Å². The largest absolute Gasteiger partial charge is 0.349 e. The molecule has 0 spiro atoms. The summed E-state index contributed by atoms with van der Waals surface area (Å²) < 4.78 is 0. The van der Waals surface area contributed by atoms with Crippen molar-refractivity contribution in [2.75, 3.05) is 13.6 Å². The van der Waals surface area contributed by atoms with Crippen molar-refractivity contribution in [1.82, 2.24) is 10.6 Å². The third kappa shape index (κ3) is 5.93. The number of benzene rings is 1. The fraction of sp³-hybridized carbons (Fsp3) is 0.562. The van der Waals surface area contributed by atoms with Gasteiger partial charge in [0, 0.05) is 6.42 Å². The van der Waals surface area contributed by atoms with E-state index in [9.17, 15) is 4.79 Å². The Labute approximate surface area is 128 Å². The highest BCUT2D eigenvalue weighted by Crippen LogP contribution is 2.24. The Bertz CT molecular complexity index is 407. The van der Waals surface area contributed by atoms with Crippen molar-refractivity contribution < 1.29 is 4.79 Å². The molecule has 0 fully saturated rings. The van der Waals surface area contributed by atoms with Crippen LogP contribution in [0.2, 0.25) is 0 Å². The zero-order valence-corrected chi connectivity index (χ0v) is 13.7. The Morgan fingerprint density at radius 2 is 1.90 bits per heavy atom. The molecule has 0 saturated carbocycles. The van der Waals surface area contributed by atoms with Crippen LogP contribution in [0.25, 0.3) is 0 Å². The summed E-state index contributed by atoms with van der Waals surface area (Å²) in [6, 6.07) is 8.37. The number of carbonyl (C=O) groups excluding carboxylic acids is 1. The number of carbonyl (C=O) groups is 1. The maximum Gasteiger partial charge on any atom is 0.220 e. The Hall–Kier alpha value is -1.06. The molecule has 1 rings (SSSR count). The van der Waals surface area contributed by atoms with E-state index in [1.54, 1.807) is 0 Å². The predicted octanol–water partition coefficient (Wildman–Crippen LogP) is 3.23. The normalized spacial score (nSPS) is 11.8. The molecule has 1 aromatic carbocycles. The van der Waals surface area contributed by atoms with Crippen molar-refractivity contribution in [1.29, 1.82) is 0 Å². The molecule has 1 atom stereocenters. The van der Waals surface area contributed by atoms with E-state index >= 15 is 0 Å². The number of aryl methyl sites for hydroxylation is 1. The minimum Gasteiger partial charge on any atom is -0.349 e. The van der Waals surface area contributed by atoms with E-state index in [0.717, 1.165) is 13.0 Å². The van der Waals surface area contributed by atoms with E-state index in [0.29, 0.717) is 12.3 Å². The molecule has 114 valence electrons. The van der Waals surface area contributed by atoms with Crippen LogP contribution in [0.15, 0.2) is 24.3 Å². The predicted molar refractivity (Wildman–Crippen MR) is 87.3 cm³/mol. The smallest absolute Gasteiger partial charge is 0.220 e. The number of halogens is 1. The summed E-state index contributed by atoms with van der Waals surface area (Å²) in [5.41, 5.74) is 2.45. The first-order valence-electron chi connectivity index (χ1n) is 7.05. The van der Waals surface area contributed by atoms with Crippen molar-refractivity contribution in [2.45, 2.75) is 39.7 Å². The Morgan fingerprint density at radius 1 is 1.25 bits per heavy atom. The number of hydrogen-bond donors (Lipinski definition) is 2. The van der Waals surface area contributed by atoms with Crippen molar-refractivity contribution in [3.8, 4) is 0 Å². The standard InChI is InChI=1S/C16H26N2O.ClH/c1-12(2)16(14-9-6-5-8-13(14)3)18-15(19)10-7-11-17-4;/h5-6,8-9,12,16-17H,7,10-11H2,1-4H3,(H,18,19);1H. The van der Waals surface area contributed by atoms with Gasteiger partial charge in [0.15, 0.2) is 0 Å². The van der Waals surface area contributed by atoms with Crippen LogP contribution in [0.1, 0.15) is 43.9 Å². The second kappa shape index (κ2) is 9.78. The van der Waals surface area contributed by atoms with E-state index in [1.807, 2.05) is 19.2 Å². The summed E-state index contributed by atoms with van der Waals surface area (Å²) in [7, 11) is 1.90. The molecule has 1 aromatic rings. The lowest BCUT2D eigenvalue weighted by molar-refractivity contribution is -0.122. The molecule has 0 aromatic heterocycles. The van der Waals surface area contributed by atoms with E-state index < -0.39 is 0 Å². The first-order chi connectivity index (χ1) is 9.06. The summed E-state index contributed by atoms with van der Waals surface area (Å²) in [5.74, 6) is 0.520. The van der Waals surface area contributed by atoms with Gasteiger partial charge in [-0.2, -0.15) is 0 Å². The Morgan fingerprint density at radius 3 is 2.45 bits per heavy atom. The van der Waals surface area contributed by atoms with E-state index in [2.05, 4.69) is 43.5 Å². The topological polar surface area (TPSA) is 41.1 Å². The fourth-order valence-electron chi connectivity index (χ4n) is 2.21. The SMILES string of the molecule is CNCCCC(=O)NC(c1ccccc1C)C(C)C.Cl. The summed E-state index contributed by atoms with van der Waals surface area (Å²) in [4.78, 5) is 12.0. The number of amides is 1. The van der Waals surface area contributed by atoms with Gasteiger partial charge in [-0.15, -0.1) is 12.4 Å². The molecule has 0 heterocycles. The lowest BCUT2D eigenvalue weighted by Crippen LogP contribution is -2.32. The zero-order valence-electron chi connectivity index (χ0n) is 12.9. The van der Waals surface area contributed by atoms with Crippen LogP contribution in [0, 0.1) is 12.8 Å². The van der Waals surface area contributed by atoms with Crippen LogP contribution in [0.4, 0.5) is 0 Å². The maximum absolute atomic E-state index is 12.0. The van der Waals surface area contributed by atoms with E-state index in [4.69, 9.17) is 0 Å². The van der Waals surface area contributed by atoms with Gasteiger partial charge in [0.25, 0.3) is 0 Å². The maximum atomic E-state index is 12.0.